The first-order valence-corrected chi connectivity index (χ1v) is 18.8. The number of aryl methyl sites for hydroxylation is 1. The Morgan fingerprint density at radius 2 is 1.50 bits per heavy atom. The van der Waals surface area contributed by atoms with Gasteiger partial charge < -0.3 is 24.4 Å². The van der Waals surface area contributed by atoms with Gasteiger partial charge in [0.25, 0.3) is 5.92 Å². The summed E-state index contributed by atoms with van der Waals surface area (Å²) in [5.41, 5.74) is -0.0239. The van der Waals surface area contributed by atoms with Gasteiger partial charge in [0.05, 0.1) is 6.10 Å². The Hall–Kier alpha value is -4.35. The van der Waals surface area contributed by atoms with Crippen LogP contribution in [0.4, 0.5) is 13.6 Å². The third kappa shape index (κ3) is 9.74. The van der Waals surface area contributed by atoms with Crippen molar-refractivity contribution in [2.75, 3.05) is 13.1 Å². The van der Waals surface area contributed by atoms with Crippen LogP contribution in [0.1, 0.15) is 70.4 Å². The van der Waals surface area contributed by atoms with Crippen molar-refractivity contribution in [3.63, 3.8) is 0 Å². The lowest BCUT2D eigenvalue weighted by molar-refractivity contribution is -0.145. The van der Waals surface area contributed by atoms with Gasteiger partial charge in [-0.15, -0.1) is 0 Å². The highest BCUT2D eigenvalue weighted by molar-refractivity contribution is 7.97. The van der Waals surface area contributed by atoms with Crippen molar-refractivity contribution in [1.82, 2.24) is 14.9 Å². The van der Waals surface area contributed by atoms with Gasteiger partial charge in [-0.1, -0.05) is 36.4 Å². The molecule has 0 spiro atoms. The second kappa shape index (κ2) is 16.1. The fourth-order valence-electron chi connectivity index (χ4n) is 6.59. The molecule has 1 heterocycles. The predicted octanol–water partition coefficient (Wildman–Crippen LogP) is 9.53. The lowest BCUT2D eigenvalue weighted by Crippen LogP contribution is -2.56. The summed E-state index contributed by atoms with van der Waals surface area (Å²) in [7, 11) is 0. The molecule has 1 atom stereocenters. The Balaban J connectivity index is 1.20. The molecular weight excluding hydrogens is 685 g/mol. The summed E-state index contributed by atoms with van der Waals surface area (Å²) in [5, 5.41) is 4.75. The minimum absolute atomic E-state index is 0.204. The number of benzene rings is 4. The van der Waals surface area contributed by atoms with Crippen molar-refractivity contribution >= 4 is 34.7 Å². The molecule has 1 aliphatic heterocycles. The van der Waals surface area contributed by atoms with Crippen LogP contribution in [-0.4, -0.2) is 53.8 Å². The number of fused-ring (bicyclic) bond motifs is 1. The first kappa shape index (κ1) is 37.4. The van der Waals surface area contributed by atoms with E-state index in [1.54, 1.807) is 32.9 Å². The second-order valence-electron chi connectivity index (χ2n) is 14.7. The average molecular weight is 732 g/mol. The van der Waals surface area contributed by atoms with Crippen LogP contribution in [0.5, 0.6) is 17.2 Å². The Morgan fingerprint density at radius 3 is 2.21 bits per heavy atom. The van der Waals surface area contributed by atoms with Crippen LogP contribution >= 0.6 is 11.9 Å². The maximum absolute atomic E-state index is 16.7. The highest BCUT2D eigenvalue weighted by Crippen LogP contribution is 2.38. The number of likely N-dealkylation sites (tertiary alicyclic amines) is 1. The molecule has 6 rings (SSSR count). The number of ether oxygens (including phenoxy) is 3. The molecule has 1 unspecified atom stereocenters. The topological polar surface area (TPSA) is 89.1 Å². The van der Waals surface area contributed by atoms with Crippen molar-refractivity contribution in [1.29, 1.82) is 0 Å². The fraction of sp³-hybridized carbons (Fsp3) is 0.415. The quantitative estimate of drug-likeness (QED) is 0.149. The van der Waals surface area contributed by atoms with Crippen molar-refractivity contribution < 1.29 is 32.6 Å². The third-order valence-electron chi connectivity index (χ3n) is 9.26. The van der Waals surface area contributed by atoms with Crippen molar-refractivity contribution in [3.05, 3.63) is 96.1 Å². The van der Waals surface area contributed by atoms with E-state index in [1.165, 1.54) is 35.9 Å². The molecule has 2 N–H and O–H groups in total. The van der Waals surface area contributed by atoms with Crippen LogP contribution in [0.25, 0.3) is 10.8 Å². The van der Waals surface area contributed by atoms with E-state index in [4.69, 9.17) is 14.2 Å². The number of halogens is 2. The van der Waals surface area contributed by atoms with Gasteiger partial charge in [0.1, 0.15) is 22.8 Å². The number of nitrogens with one attached hydrogen (secondary N) is 2. The standard InChI is InChI=1S/C41H47F2N3O5S/c1-27-9-7-13-33(23-27)50-34-14-8-10-30(26-34)41(42,43)37(38(47)46-21-19-31(20-22-46)44-39(48)51-40(2,3)4)45-52-36-18-16-28-24-35(17-15-29(28)25-36)49-32-11-5-6-12-32/h7-10,13-18,23-26,31-32,37,45H,5-6,11-12,19-22H2,1-4H3,(H,44,48). The van der Waals surface area contributed by atoms with Crippen molar-refractivity contribution in [2.24, 2.45) is 0 Å². The number of carbonyl (C=O) groups excluding carboxylic acids is 2. The zero-order valence-corrected chi connectivity index (χ0v) is 30.9. The molecule has 1 saturated carbocycles. The van der Waals surface area contributed by atoms with Gasteiger partial charge in [-0.2, -0.15) is 8.78 Å². The molecule has 11 heteroatoms. The van der Waals surface area contributed by atoms with E-state index in [1.807, 2.05) is 61.5 Å². The van der Waals surface area contributed by atoms with E-state index in [2.05, 4.69) is 10.0 Å². The summed E-state index contributed by atoms with van der Waals surface area (Å²) < 4.78 is 53.8. The highest BCUT2D eigenvalue weighted by Gasteiger charge is 2.48. The summed E-state index contributed by atoms with van der Waals surface area (Å²) in [5.74, 6) is -2.76. The van der Waals surface area contributed by atoms with Gasteiger partial charge in [0.2, 0.25) is 5.91 Å². The molecule has 2 amide bonds. The summed E-state index contributed by atoms with van der Waals surface area (Å²) in [6.45, 7) is 7.68. The lowest BCUT2D eigenvalue weighted by atomic mass is 9.98. The highest BCUT2D eigenvalue weighted by atomic mass is 32.2. The molecule has 8 nitrogen and oxygen atoms in total. The molecule has 52 heavy (non-hydrogen) atoms. The molecule has 2 aliphatic rings. The summed E-state index contributed by atoms with van der Waals surface area (Å²) in [6.07, 6.45) is 5.02. The van der Waals surface area contributed by atoms with E-state index in [0.29, 0.717) is 23.5 Å². The minimum Gasteiger partial charge on any atom is -0.490 e. The number of amides is 2. The molecule has 276 valence electrons. The molecule has 0 aromatic heterocycles. The van der Waals surface area contributed by atoms with Gasteiger partial charge in [0, 0.05) is 29.6 Å². The largest absolute Gasteiger partial charge is 0.490 e. The zero-order chi connectivity index (χ0) is 36.9. The summed E-state index contributed by atoms with van der Waals surface area (Å²) >= 11 is 0.997. The van der Waals surface area contributed by atoms with Crippen molar-refractivity contribution in [3.8, 4) is 17.2 Å². The van der Waals surface area contributed by atoms with E-state index in [0.717, 1.165) is 46.9 Å². The van der Waals surface area contributed by atoms with Crippen LogP contribution in [0.15, 0.2) is 89.8 Å². The van der Waals surface area contributed by atoms with Gasteiger partial charge >= 0.3 is 6.09 Å². The molecule has 1 aliphatic carbocycles. The molecule has 2 fully saturated rings. The number of rotatable bonds is 11. The normalized spacial score (nSPS) is 16.5. The second-order valence-corrected chi connectivity index (χ2v) is 15.6. The number of carbonyl (C=O) groups is 2. The Labute approximate surface area is 308 Å². The zero-order valence-electron chi connectivity index (χ0n) is 30.1. The number of nitrogens with zero attached hydrogens (tertiary/aromatic N) is 1. The van der Waals surface area contributed by atoms with Crippen LogP contribution in [-0.2, 0) is 15.5 Å². The maximum Gasteiger partial charge on any atom is 0.407 e. The van der Waals surface area contributed by atoms with Crippen LogP contribution in [0.3, 0.4) is 0 Å². The van der Waals surface area contributed by atoms with Gasteiger partial charge in [-0.3, -0.25) is 4.79 Å². The molecule has 4 aromatic rings. The van der Waals surface area contributed by atoms with Gasteiger partial charge in [0.15, 0.2) is 6.04 Å². The minimum atomic E-state index is -3.62. The van der Waals surface area contributed by atoms with E-state index >= 15 is 8.78 Å². The molecule has 0 radical (unpaired) electrons. The van der Waals surface area contributed by atoms with E-state index in [9.17, 15) is 9.59 Å². The number of hydrogen-bond acceptors (Lipinski definition) is 7. The molecule has 1 saturated heterocycles. The number of alkyl carbamates (subject to hydrolysis) is 1. The van der Waals surface area contributed by atoms with E-state index < -0.39 is 29.6 Å². The molecule has 4 aromatic carbocycles. The Bertz CT molecular complexity index is 1870. The number of alkyl halides is 2. The predicted molar refractivity (Wildman–Crippen MR) is 200 cm³/mol. The third-order valence-corrected chi connectivity index (χ3v) is 10.1. The van der Waals surface area contributed by atoms with Gasteiger partial charge in [-0.25, -0.2) is 9.52 Å². The lowest BCUT2D eigenvalue weighted by Gasteiger charge is -2.36. The Kier molecular flexibility index (Phi) is 11.6. The summed E-state index contributed by atoms with van der Waals surface area (Å²) in [6, 6.07) is 22.5. The summed E-state index contributed by atoms with van der Waals surface area (Å²) in [4.78, 5) is 28.5. The fourth-order valence-corrected chi connectivity index (χ4v) is 7.42. The van der Waals surface area contributed by atoms with Crippen LogP contribution in [0.2, 0.25) is 0 Å². The van der Waals surface area contributed by atoms with Crippen molar-refractivity contribution in [2.45, 2.75) is 101 Å². The van der Waals surface area contributed by atoms with E-state index in [-0.39, 0.29) is 36.5 Å². The molecular formula is C41H47F2N3O5S. The van der Waals surface area contributed by atoms with Crippen LogP contribution < -0.4 is 19.5 Å². The first-order valence-electron chi connectivity index (χ1n) is 18.0. The number of piperidine rings is 1. The SMILES string of the molecule is Cc1cccc(Oc2cccc(C(F)(F)C(NSc3ccc4cc(OC5CCCC5)ccc4c3)C(=O)N3CCC(NC(=O)OC(C)(C)C)CC3)c2)c1. The first-order chi connectivity index (χ1) is 24.8. The maximum atomic E-state index is 16.7. The average Bonchev–Trinajstić information content (AvgIpc) is 3.61. The van der Waals surface area contributed by atoms with Crippen LogP contribution in [0, 0.1) is 6.92 Å². The monoisotopic (exact) mass is 731 g/mol. The number of hydrogen-bond donors (Lipinski definition) is 2. The Morgan fingerprint density at radius 1 is 0.827 bits per heavy atom. The van der Waals surface area contributed by atoms with Gasteiger partial charge in [-0.05, 0) is 143 Å². The molecule has 0 bridgehead atoms. The smallest absolute Gasteiger partial charge is 0.407 e.